The van der Waals surface area contributed by atoms with Crippen LogP contribution in [0.4, 0.5) is 13.2 Å². The maximum atomic E-state index is 12.5. The molecule has 0 saturated heterocycles. The molecule has 0 radical (unpaired) electrons. The number of sulfonamides is 1. The zero-order valence-electron chi connectivity index (χ0n) is 11.1. The Morgan fingerprint density at radius 1 is 1.15 bits per heavy atom. The Hall–Kier alpha value is -1.57. The van der Waals surface area contributed by atoms with E-state index in [-0.39, 0.29) is 5.84 Å². The van der Waals surface area contributed by atoms with Gasteiger partial charge >= 0.3 is 15.5 Å². The van der Waals surface area contributed by atoms with Gasteiger partial charge in [0.05, 0.1) is 0 Å². The molecule has 0 atom stereocenters. The summed E-state index contributed by atoms with van der Waals surface area (Å²) in [5, 5.41) is 0. The van der Waals surface area contributed by atoms with Crippen molar-refractivity contribution in [1.82, 2.24) is 4.90 Å². The van der Waals surface area contributed by atoms with Crippen molar-refractivity contribution in [2.75, 3.05) is 13.1 Å². The van der Waals surface area contributed by atoms with Crippen molar-refractivity contribution in [3.63, 3.8) is 0 Å². The number of rotatable bonds is 4. The average Bonchev–Trinajstić information content (AvgIpc) is 2.38. The molecule has 112 valence electrons. The number of halogens is 3. The topological polar surface area (TPSA) is 49.7 Å². The van der Waals surface area contributed by atoms with E-state index < -0.39 is 15.5 Å². The first-order valence-electron chi connectivity index (χ1n) is 5.94. The van der Waals surface area contributed by atoms with Crippen LogP contribution in [0, 0.1) is 0 Å². The summed E-state index contributed by atoms with van der Waals surface area (Å²) >= 11 is 0. The first-order valence-corrected chi connectivity index (χ1v) is 7.38. The smallest absolute Gasteiger partial charge is 0.356 e. The van der Waals surface area contributed by atoms with Crippen LogP contribution in [0.3, 0.4) is 0 Å². The van der Waals surface area contributed by atoms with Crippen LogP contribution in [0.1, 0.15) is 19.4 Å². The molecular formula is C12H15F3N2O2S. The highest BCUT2D eigenvalue weighted by Crippen LogP contribution is 2.25. The Kier molecular flexibility index (Phi) is 5.15. The Morgan fingerprint density at radius 2 is 1.65 bits per heavy atom. The summed E-state index contributed by atoms with van der Waals surface area (Å²) in [6.07, 6.45) is 0. The molecule has 0 unspecified atom stereocenters. The van der Waals surface area contributed by atoms with E-state index in [9.17, 15) is 21.6 Å². The summed E-state index contributed by atoms with van der Waals surface area (Å²) in [5.41, 5.74) is -5.08. The monoisotopic (exact) mass is 308 g/mol. The van der Waals surface area contributed by atoms with Gasteiger partial charge in [0.1, 0.15) is 5.84 Å². The summed E-state index contributed by atoms with van der Waals surface area (Å²) in [6.45, 7) is 4.11. The Bertz CT molecular complexity index is 564. The van der Waals surface area contributed by atoms with Gasteiger partial charge in [-0.05, 0) is 13.8 Å². The molecule has 1 rings (SSSR count). The van der Waals surface area contributed by atoms with Crippen molar-refractivity contribution in [2.45, 2.75) is 19.4 Å². The van der Waals surface area contributed by atoms with Crippen molar-refractivity contribution in [1.29, 1.82) is 0 Å². The predicted octanol–water partition coefficient (Wildman–Crippen LogP) is 2.62. The van der Waals surface area contributed by atoms with E-state index in [1.54, 1.807) is 32.0 Å². The van der Waals surface area contributed by atoms with Gasteiger partial charge in [0, 0.05) is 18.7 Å². The van der Waals surface area contributed by atoms with Gasteiger partial charge in [0.25, 0.3) is 0 Å². The van der Waals surface area contributed by atoms with E-state index in [0.29, 0.717) is 18.7 Å². The van der Waals surface area contributed by atoms with Gasteiger partial charge in [-0.2, -0.15) is 21.6 Å². The molecule has 0 bridgehead atoms. The normalized spacial score (nSPS) is 13.3. The van der Waals surface area contributed by atoms with Gasteiger partial charge in [0.15, 0.2) is 0 Å². The summed E-state index contributed by atoms with van der Waals surface area (Å²) in [5.74, 6) is -0.201. The molecule has 20 heavy (non-hydrogen) atoms. The van der Waals surface area contributed by atoms with Crippen LogP contribution in [0.5, 0.6) is 0 Å². The molecule has 0 amide bonds. The van der Waals surface area contributed by atoms with Crippen molar-refractivity contribution in [3.05, 3.63) is 35.9 Å². The van der Waals surface area contributed by atoms with E-state index in [4.69, 9.17) is 0 Å². The van der Waals surface area contributed by atoms with Gasteiger partial charge in [-0.3, -0.25) is 0 Å². The van der Waals surface area contributed by atoms with Crippen LogP contribution in [0.25, 0.3) is 0 Å². The van der Waals surface area contributed by atoms with Crippen molar-refractivity contribution < 1.29 is 21.6 Å². The molecule has 0 aliphatic rings. The van der Waals surface area contributed by atoms with Gasteiger partial charge < -0.3 is 4.90 Å². The van der Waals surface area contributed by atoms with Crippen LogP contribution in [-0.4, -0.2) is 37.8 Å². The predicted molar refractivity (Wildman–Crippen MR) is 70.9 cm³/mol. The number of hydrogen-bond donors (Lipinski definition) is 0. The third kappa shape index (κ3) is 3.72. The highest BCUT2D eigenvalue weighted by molar-refractivity contribution is 7.91. The number of alkyl halides is 3. The largest absolute Gasteiger partial charge is 0.518 e. The molecule has 0 heterocycles. The lowest BCUT2D eigenvalue weighted by atomic mass is 10.2. The second kappa shape index (κ2) is 6.25. The molecule has 1 aromatic rings. The summed E-state index contributed by atoms with van der Waals surface area (Å²) in [4.78, 5) is 1.46. The molecule has 0 saturated carbocycles. The molecule has 0 N–H and O–H groups in total. The second-order valence-electron chi connectivity index (χ2n) is 3.87. The minimum absolute atomic E-state index is 0.201. The molecule has 0 aliphatic heterocycles. The molecule has 8 heteroatoms. The lowest BCUT2D eigenvalue weighted by Crippen LogP contribution is -2.34. The maximum Gasteiger partial charge on any atom is 0.518 e. The first-order chi connectivity index (χ1) is 9.23. The Labute approximate surface area is 116 Å². The van der Waals surface area contributed by atoms with Crippen LogP contribution >= 0.6 is 0 Å². The number of benzene rings is 1. The third-order valence-corrected chi connectivity index (χ3v) is 3.59. The minimum Gasteiger partial charge on any atom is -0.356 e. The van der Waals surface area contributed by atoms with Gasteiger partial charge in [0.2, 0.25) is 0 Å². The van der Waals surface area contributed by atoms with Crippen molar-refractivity contribution in [2.24, 2.45) is 4.40 Å². The molecule has 0 aliphatic carbocycles. The molecule has 0 aromatic heterocycles. The van der Waals surface area contributed by atoms with Crippen LogP contribution in [0.15, 0.2) is 34.7 Å². The van der Waals surface area contributed by atoms with Crippen LogP contribution in [0.2, 0.25) is 0 Å². The number of nitrogens with zero attached hydrogens (tertiary/aromatic N) is 2. The van der Waals surface area contributed by atoms with Gasteiger partial charge in [-0.1, -0.05) is 30.3 Å². The number of amidine groups is 1. The molecule has 0 fully saturated rings. The highest BCUT2D eigenvalue weighted by atomic mass is 32.2. The SMILES string of the molecule is CCN(CC)C(=NS(=O)(=O)C(F)(F)F)c1ccccc1. The summed E-state index contributed by atoms with van der Waals surface area (Å²) < 4.78 is 62.8. The van der Waals surface area contributed by atoms with E-state index in [2.05, 4.69) is 4.40 Å². The van der Waals surface area contributed by atoms with E-state index in [1.165, 1.54) is 17.0 Å². The van der Waals surface area contributed by atoms with Crippen molar-refractivity contribution in [3.8, 4) is 0 Å². The van der Waals surface area contributed by atoms with E-state index in [1.807, 2.05) is 0 Å². The van der Waals surface area contributed by atoms with Crippen molar-refractivity contribution >= 4 is 15.9 Å². The Morgan fingerprint density at radius 3 is 2.05 bits per heavy atom. The van der Waals surface area contributed by atoms with Crippen LogP contribution in [-0.2, 0) is 10.0 Å². The molecule has 0 spiro atoms. The molecule has 4 nitrogen and oxygen atoms in total. The van der Waals surface area contributed by atoms with Gasteiger partial charge in [-0.15, -0.1) is 4.40 Å². The third-order valence-electron chi connectivity index (χ3n) is 2.59. The quantitative estimate of drug-likeness (QED) is 0.634. The summed E-state index contributed by atoms with van der Waals surface area (Å²) in [6, 6.07) is 7.93. The molecular weight excluding hydrogens is 293 g/mol. The zero-order chi connectivity index (χ0) is 15.4. The molecule has 1 aromatic carbocycles. The second-order valence-corrected chi connectivity index (χ2v) is 5.47. The van der Waals surface area contributed by atoms with E-state index >= 15 is 0 Å². The average molecular weight is 308 g/mol. The lowest BCUT2D eigenvalue weighted by molar-refractivity contribution is -0.0435. The highest BCUT2D eigenvalue weighted by Gasteiger charge is 2.46. The standard InChI is InChI=1S/C12H15F3N2O2S/c1-3-17(4-2)11(10-8-6-5-7-9-10)16-20(18,19)12(13,14)15/h5-9H,3-4H2,1-2H3. The summed E-state index contributed by atoms with van der Waals surface area (Å²) in [7, 11) is -5.56. The minimum atomic E-state index is -5.56. The fraction of sp³-hybridized carbons (Fsp3) is 0.417. The lowest BCUT2D eigenvalue weighted by Gasteiger charge is -2.23. The van der Waals surface area contributed by atoms with Gasteiger partial charge in [-0.25, -0.2) is 0 Å². The number of hydrogen-bond acceptors (Lipinski definition) is 2. The van der Waals surface area contributed by atoms with Crippen LogP contribution < -0.4 is 0 Å². The maximum absolute atomic E-state index is 12.5. The van der Waals surface area contributed by atoms with E-state index in [0.717, 1.165) is 0 Å². The zero-order valence-corrected chi connectivity index (χ0v) is 11.9. The first kappa shape index (κ1) is 16.5. The Balaban J connectivity index is 3.40. The fourth-order valence-electron chi connectivity index (χ4n) is 1.57. The fourth-order valence-corrected chi connectivity index (χ4v) is 2.12.